The van der Waals surface area contributed by atoms with Gasteiger partial charge in [0.2, 0.25) is 0 Å². The summed E-state index contributed by atoms with van der Waals surface area (Å²) >= 11 is 6.18. The van der Waals surface area contributed by atoms with Gasteiger partial charge >= 0.3 is 12.1 Å². The van der Waals surface area contributed by atoms with Crippen LogP contribution in [0.15, 0.2) is 77.4 Å². The Balaban J connectivity index is 1.48. The van der Waals surface area contributed by atoms with E-state index in [0.29, 0.717) is 22.0 Å². The predicted octanol–water partition coefficient (Wildman–Crippen LogP) is 5.68. The Bertz CT molecular complexity index is 1470. The van der Waals surface area contributed by atoms with Crippen molar-refractivity contribution in [3.05, 3.63) is 94.8 Å². The van der Waals surface area contributed by atoms with Crippen molar-refractivity contribution in [1.29, 1.82) is 5.26 Å². The fraction of sp³-hybridized carbons (Fsp3) is 0.148. The van der Waals surface area contributed by atoms with E-state index in [2.05, 4.69) is 20.8 Å². The van der Waals surface area contributed by atoms with Crippen molar-refractivity contribution in [3.63, 3.8) is 0 Å². The fourth-order valence-corrected chi connectivity index (χ4v) is 3.98. The molecule has 1 amide bonds. The molecule has 0 spiro atoms. The zero-order valence-electron chi connectivity index (χ0n) is 20.1. The van der Waals surface area contributed by atoms with Gasteiger partial charge in [0.1, 0.15) is 35.4 Å². The molecule has 2 atom stereocenters. The van der Waals surface area contributed by atoms with E-state index >= 15 is 0 Å². The highest BCUT2D eigenvalue weighted by molar-refractivity contribution is 6.31. The Morgan fingerprint density at radius 1 is 1.13 bits per heavy atom. The van der Waals surface area contributed by atoms with Crippen LogP contribution in [0.25, 0.3) is 11.3 Å². The van der Waals surface area contributed by atoms with E-state index < -0.39 is 24.2 Å². The maximum atomic E-state index is 12.6. The number of nitrogens with one attached hydrogen (secondary N) is 2. The van der Waals surface area contributed by atoms with Crippen LogP contribution in [-0.4, -0.2) is 33.4 Å². The van der Waals surface area contributed by atoms with Crippen LogP contribution in [0.2, 0.25) is 5.02 Å². The molecule has 0 bridgehead atoms. The molecule has 10 nitrogen and oxygen atoms in total. The quantitative estimate of drug-likeness (QED) is 0.248. The highest BCUT2D eigenvalue weighted by Crippen LogP contribution is 2.31. The first-order valence-corrected chi connectivity index (χ1v) is 11.8. The Morgan fingerprint density at radius 2 is 1.87 bits per heavy atom. The number of aliphatic carboxylic acids is 1. The molecule has 2 aromatic carbocycles. The topological polar surface area (TPSA) is 150 Å². The van der Waals surface area contributed by atoms with Crippen LogP contribution in [0.4, 0.5) is 16.3 Å². The van der Waals surface area contributed by atoms with Gasteiger partial charge in [0.15, 0.2) is 0 Å². The number of nitrogens with zero attached hydrogens (tertiary/aromatic N) is 3. The summed E-state index contributed by atoms with van der Waals surface area (Å²) < 4.78 is 10.5. The normalized spacial score (nSPS) is 12.1. The molecule has 0 aliphatic rings. The third-order valence-corrected chi connectivity index (χ3v) is 5.93. The van der Waals surface area contributed by atoms with Crippen LogP contribution in [0.5, 0.6) is 0 Å². The summed E-state index contributed by atoms with van der Waals surface area (Å²) in [6.45, 7) is 1.67. The monoisotopic (exact) mass is 531 g/mol. The number of benzene rings is 2. The molecule has 4 aromatic rings. The molecule has 2 heterocycles. The lowest BCUT2D eigenvalue weighted by Crippen LogP contribution is -2.31. The van der Waals surface area contributed by atoms with Gasteiger partial charge in [-0.15, -0.1) is 0 Å². The van der Waals surface area contributed by atoms with Crippen LogP contribution in [0, 0.1) is 11.3 Å². The van der Waals surface area contributed by atoms with E-state index in [-0.39, 0.29) is 23.6 Å². The van der Waals surface area contributed by atoms with Crippen LogP contribution in [0.1, 0.15) is 29.9 Å². The zero-order valence-corrected chi connectivity index (χ0v) is 20.8. The van der Waals surface area contributed by atoms with E-state index in [1.165, 1.54) is 6.20 Å². The van der Waals surface area contributed by atoms with E-state index in [1.54, 1.807) is 43.3 Å². The Kier molecular flexibility index (Phi) is 8.20. The highest BCUT2D eigenvalue weighted by Gasteiger charge is 2.23. The van der Waals surface area contributed by atoms with Crippen LogP contribution < -0.4 is 10.6 Å². The lowest BCUT2D eigenvalue weighted by atomic mass is 10.1. The molecule has 2 aromatic heterocycles. The second kappa shape index (κ2) is 11.9. The third kappa shape index (κ3) is 6.27. The minimum absolute atomic E-state index is 0.0128. The van der Waals surface area contributed by atoms with Crippen molar-refractivity contribution in [3.8, 4) is 17.3 Å². The smallest absolute Gasteiger partial charge is 0.412 e. The Labute approximate surface area is 222 Å². The Hall–Kier alpha value is -4.88. The molecule has 0 fully saturated rings. The molecule has 0 radical (unpaired) electrons. The second-order valence-electron chi connectivity index (χ2n) is 8.20. The van der Waals surface area contributed by atoms with E-state index in [9.17, 15) is 20.0 Å². The van der Waals surface area contributed by atoms with E-state index in [4.69, 9.17) is 20.9 Å². The maximum absolute atomic E-state index is 12.6. The summed E-state index contributed by atoms with van der Waals surface area (Å²) in [7, 11) is 0. The molecule has 11 heteroatoms. The van der Waals surface area contributed by atoms with E-state index in [0.717, 1.165) is 5.56 Å². The van der Waals surface area contributed by atoms with E-state index in [1.807, 2.05) is 36.4 Å². The average molecular weight is 532 g/mol. The molecular formula is C27H22ClN5O5. The summed E-state index contributed by atoms with van der Waals surface area (Å²) in [5.74, 6) is -0.923. The number of nitriles is 1. The van der Waals surface area contributed by atoms with Gasteiger partial charge in [-0.3, -0.25) is 5.32 Å². The van der Waals surface area contributed by atoms with Crippen molar-refractivity contribution < 1.29 is 24.0 Å². The molecular weight excluding hydrogens is 510 g/mol. The summed E-state index contributed by atoms with van der Waals surface area (Å²) in [4.78, 5) is 28.6. The first-order chi connectivity index (χ1) is 18.4. The minimum Gasteiger partial charge on any atom is -0.480 e. The number of carboxylic acid groups (broad SMARTS) is 1. The van der Waals surface area contributed by atoms with Crippen molar-refractivity contribution >= 4 is 35.2 Å². The van der Waals surface area contributed by atoms with Gasteiger partial charge in [0, 0.05) is 28.8 Å². The molecule has 4 rings (SSSR count). The lowest BCUT2D eigenvalue weighted by Gasteiger charge is -2.16. The van der Waals surface area contributed by atoms with Gasteiger partial charge in [-0.05, 0) is 30.7 Å². The van der Waals surface area contributed by atoms with Gasteiger partial charge < -0.3 is 19.7 Å². The molecule has 2 unspecified atom stereocenters. The average Bonchev–Trinajstić information content (AvgIpc) is 3.31. The molecule has 0 aliphatic carbocycles. The number of halogens is 1. The third-order valence-electron chi connectivity index (χ3n) is 5.59. The number of hydrogen-bond donors (Lipinski definition) is 3. The van der Waals surface area contributed by atoms with Crippen LogP contribution >= 0.6 is 11.6 Å². The van der Waals surface area contributed by atoms with Gasteiger partial charge in [-0.25, -0.2) is 14.6 Å². The Morgan fingerprint density at radius 3 is 2.53 bits per heavy atom. The number of carbonyl (C=O) groups is 2. The molecule has 3 N–H and O–H groups in total. The first-order valence-electron chi connectivity index (χ1n) is 11.5. The standard InChI is InChI=1S/C27H22ClN5O5/c1-16(19-9-5-6-10-20(19)28)37-27(36)32-25-22(14-29)38-33-24(25)18-11-12-23(30-15-18)31-21(26(34)35)13-17-7-3-2-4-8-17/h2-12,15-16,21H,13H2,1H3,(H,30,31)(H,32,36)(H,34,35). The first kappa shape index (κ1) is 26.2. The molecule has 0 saturated heterocycles. The summed E-state index contributed by atoms with van der Waals surface area (Å²) in [6.07, 6.45) is 0.181. The number of pyridine rings is 1. The van der Waals surface area contributed by atoms with Gasteiger partial charge in [0.25, 0.3) is 5.76 Å². The van der Waals surface area contributed by atoms with Crippen molar-refractivity contribution in [2.45, 2.75) is 25.5 Å². The summed E-state index contributed by atoms with van der Waals surface area (Å²) in [6, 6.07) is 20.3. The number of carbonyl (C=O) groups excluding carboxylic acids is 1. The number of rotatable bonds is 9. The number of hydrogen-bond acceptors (Lipinski definition) is 8. The number of ether oxygens (including phenoxy) is 1. The SMILES string of the molecule is CC(OC(=O)Nc1c(-c2ccc(NC(Cc3ccccc3)C(=O)O)nc2)noc1C#N)c1ccccc1Cl. The lowest BCUT2D eigenvalue weighted by molar-refractivity contribution is -0.137. The van der Waals surface area contributed by atoms with Gasteiger partial charge in [0.05, 0.1) is 0 Å². The number of amides is 1. The second-order valence-corrected chi connectivity index (χ2v) is 8.61. The molecule has 0 aliphatic heterocycles. The number of aromatic nitrogens is 2. The number of carboxylic acids is 1. The predicted molar refractivity (Wildman–Crippen MR) is 140 cm³/mol. The molecule has 38 heavy (non-hydrogen) atoms. The molecule has 192 valence electrons. The van der Waals surface area contributed by atoms with Crippen molar-refractivity contribution in [2.75, 3.05) is 10.6 Å². The zero-order chi connectivity index (χ0) is 27.1. The minimum atomic E-state index is -1.02. The largest absolute Gasteiger partial charge is 0.480 e. The fourth-order valence-electron chi connectivity index (χ4n) is 3.69. The van der Waals surface area contributed by atoms with Crippen LogP contribution in [-0.2, 0) is 16.0 Å². The van der Waals surface area contributed by atoms with Crippen molar-refractivity contribution in [1.82, 2.24) is 10.1 Å². The maximum Gasteiger partial charge on any atom is 0.412 e. The highest BCUT2D eigenvalue weighted by atomic mass is 35.5. The van der Waals surface area contributed by atoms with Gasteiger partial charge in [-0.2, -0.15) is 5.26 Å². The van der Waals surface area contributed by atoms with Gasteiger partial charge in [-0.1, -0.05) is 65.3 Å². The molecule has 0 saturated carbocycles. The van der Waals surface area contributed by atoms with Crippen molar-refractivity contribution in [2.24, 2.45) is 0 Å². The van der Waals surface area contributed by atoms with Crippen LogP contribution in [0.3, 0.4) is 0 Å². The summed E-state index contributed by atoms with van der Waals surface area (Å²) in [5, 5.41) is 28.8. The number of anilines is 2. The summed E-state index contributed by atoms with van der Waals surface area (Å²) in [5.41, 5.74) is 2.07.